The smallest absolute Gasteiger partial charge is 0.151 e. The number of thioether (sulfide) groups is 1. The van der Waals surface area contributed by atoms with Gasteiger partial charge in [0.15, 0.2) is 5.78 Å². The highest BCUT2D eigenvalue weighted by atomic mass is 32.2. The van der Waals surface area contributed by atoms with Gasteiger partial charge in [0.05, 0.1) is 10.8 Å². The molecule has 0 N–H and O–H groups in total. The molecule has 0 aromatic carbocycles. The molecular weight excluding hydrogens is 184 g/mol. The van der Waals surface area contributed by atoms with E-state index in [1.54, 1.807) is 18.9 Å². The van der Waals surface area contributed by atoms with Crippen LogP contribution in [0.1, 0.15) is 27.7 Å². The third kappa shape index (κ3) is 0.922. The second kappa shape index (κ2) is 2.74. The summed E-state index contributed by atoms with van der Waals surface area (Å²) in [6, 6.07) is 0. The fourth-order valence-electron chi connectivity index (χ4n) is 2.90. The molecule has 0 aliphatic heterocycles. The maximum absolute atomic E-state index is 11.8. The van der Waals surface area contributed by atoms with Crippen molar-refractivity contribution in [2.45, 2.75) is 32.6 Å². The molecule has 0 aromatic heterocycles. The van der Waals surface area contributed by atoms with E-state index in [2.05, 4.69) is 0 Å². The lowest BCUT2D eigenvalue weighted by Crippen LogP contribution is -2.73. The van der Waals surface area contributed by atoms with Gasteiger partial charge in [0, 0.05) is 7.11 Å². The van der Waals surface area contributed by atoms with Gasteiger partial charge in [-0.3, -0.25) is 4.79 Å². The number of carbonyl (C=O) groups excluding carboxylic acids is 1. The van der Waals surface area contributed by atoms with E-state index in [0.717, 1.165) is 0 Å². The van der Waals surface area contributed by atoms with Crippen molar-refractivity contribution in [1.82, 2.24) is 0 Å². The van der Waals surface area contributed by atoms with Gasteiger partial charge in [-0.2, -0.15) is 0 Å². The fraction of sp³-hybridized carbons (Fsp3) is 0.900. The maximum atomic E-state index is 11.8. The van der Waals surface area contributed by atoms with Crippen molar-refractivity contribution in [2.75, 3.05) is 13.4 Å². The summed E-state index contributed by atoms with van der Waals surface area (Å²) in [4.78, 5) is 11.5. The highest BCUT2D eigenvalue weighted by Crippen LogP contribution is 2.64. The van der Waals surface area contributed by atoms with Gasteiger partial charge in [-0.15, -0.1) is 11.8 Å². The molecule has 2 nitrogen and oxygen atoms in total. The molecule has 1 saturated carbocycles. The van der Waals surface area contributed by atoms with Crippen molar-refractivity contribution in [3.8, 4) is 0 Å². The highest BCUT2D eigenvalue weighted by Gasteiger charge is 2.73. The number of ketones is 1. The van der Waals surface area contributed by atoms with Gasteiger partial charge in [0.1, 0.15) is 4.93 Å². The molecule has 0 bridgehead atoms. The van der Waals surface area contributed by atoms with Gasteiger partial charge in [-0.25, -0.2) is 0 Å². The Kier molecular flexibility index (Phi) is 2.33. The lowest BCUT2D eigenvalue weighted by molar-refractivity contribution is -0.198. The summed E-state index contributed by atoms with van der Waals surface area (Å²) < 4.78 is 5.57. The number of hydrogen-bond acceptors (Lipinski definition) is 3. The zero-order valence-electron chi connectivity index (χ0n) is 9.22. The molecule has 1 aliphatic rings. The number of Topliss-reactive ketones (excluding diaryl/α,β-unsaturated/α-hetero) is 1. The van der Waals surface area contributed by atoms with Crippen LogP contribution in [0.25, 0.3) is 0 Å². The van der Waals surface area contributed by atoms with Crippen molar-refractivity contribution in [3.05, 3.63) is 0 Å². The molecule has 0 amide bonds. The van der Waals surface area contributed by atoms with Crippen LogP contribution in [0.15, 0.2) is 0 Å². The normalized spacial score (nSPS) is 28.3. The predicted molar refractivity (Wildman–Crippen MR) is 55.8 cm³/mol. The largest absolute Gasteiger partial charge is 0.366 e. The Morgan fingerprint density at radius 3 is 1.69 bits per heavy atom. The maximum Gasteiger partial charge on any atom is 0.151 e. The van der Waals surface area contributed by atoms with E-state index >= 15 is 0 Å². The molecule has 0 atom stereocenters. The van der Waals surface area contributed by atoms with E-state index < -0.39 is 0 Å². The minimum absolute atomic E-state index is 0.288. The number of hydrogen-bond donors (Lipinski definition) is 0. The average Bonchev–Trinajstić information content (AvgIpc) is 2.05. The minimum atomic E-state index is -0.370. The molecule has 13 heavy (non-hydrogen) atoms. The van der Waals surface area contributed by atoms with Crippen molar-refractivity contribution in [2.24, 2.45) is 10.8 Å². The average molecular weight is 202 g/mol. The number of rotatable bonds is 2. The van der Waals surface area contributed by atoms with Crippen LogP contribution in [0.3, 0.4) is 0 Å². The zero-order chi connectivity index (χ0) is 10.5. The summed E-state index contributed by atoms with van der Waals surface area (Å²) in [6.45, 7) is 7.84. The molecule has 1 aliphatic carbocycles. The van der Waals surface area contributed by atoms with Gasteiger partial charge in [-0.1, -0.05) is 0 Å². The molecule has 0 aromatic rings. The Morgan fingerprint density at radius 1 is 1.15 bits per heavy atom. The van der Waals surface area contributed by atoms with Crippen molar-refractivity contribution >= 4 is 17.5 Å². The minimum Gasteiger partial charge on any atom is -0.366 e. The van der Waals surface area contributed by atoms with Crippen LogP contribution in [0.4, 0.5) is 0 Å². The van der Waals surface area contributed by atoms with Gasteiger partial charge >= 0.3 is 0 Å². The summed E-state index contributed by atoms with van der Waals surface area (Å²) in [5.74, 6) is 0.288. The lowest BCUT2D eigenvalue weighted by atomic mass is 9.51. The summed E-state index contributed by atoms with van der Waals surface area (Å²) >= 11 is 1.63. The molecule has 0 saturated heterocycles. The van der Waals surface area contributed by atoms with Crippen molar-refractivity contribution in [3.63, 3.8) is 0 Å². The van der Waals surface area contributed by atoms with Crippen LogP contribution in [-0.2, 0) is 9.53 Å². The van der Waals surface area contributed by atoms with Crippen LogP contribution in [0, 0.1) is 10.8 Å². The standard InChI is InChI=1S/C10H18O2S/c1-8(2)7(11)9(3,4)10(8,12-5)13-6/h1-6H3. The summed E-state index contributed by atoms with van der Waals surface area (Å²) in [5.41, 5.74) is -0.741. The molecule has 1 fully saturated rings. The first-order valence-corrected chi connectivity index (χ1v) is 5.65. The van der Waals surface area contributed by atoms with E-state index in [9.17, 15) is 4.79 Å². The van der Waals surface area contributed by atoms with Crippen molar-refractivity contribution < 1.29 is 9.53 Å². The monoisotopic (exact) mass is 202 g/mol. The molecule has 0 heterocycles. The zero-order valence-corrected chi connectivity index (χ0v) is 10.0. The van der Waals surface area contributed by atoms with Crippen LogP contribution < -0.4 is 0 Å². The van der Waals surface area contributed by atoms with Gasteiger partial charge in [0.2, 0.25) is 0 Å². The molecule has 0 spiro atoms. The van der Waals surface area contributed by atoms with E-state index in [-0.39, 0.29) is 21.5 Å². The lowest BCUT2D eigenvalue weighted by Gasteiger charge is -2.63. The van der Waals surface area contributed by atoms with Crippen LogP contribution in [0.5, 0.6) is 0 Å². The second-order valence-corrected chi connectivity index (χ2v) is 5.59. The summed E-state index contributed by atoms with van der Waals surface area (Å²) in [7, 11) is 1.69. The Morgan fingerprint density at radius 2 is 1.54 bits per heavy atom. The molecule has 76 valence electrons. The van der Waals surface area contributed by atoms with E-state index in [0.29, 0.717) is 0 Å². The number of methoxy groups -OCH3 is 1. The Bertz CT molecular complexity index is 219. The van der Waals surface area contributed by atoms with E-state index in [4.69, 9.17) is 4.74 Å². The second-order valence-electron chi connectivity index (χ2n) is 4.60. The molecule has 1 rings (SSSR count). The molecular formula is C10H18O2S. The number of ether oxygens (including phenoxy) is 1. The van der Waals surface area contributed by atoms with Crippen LogP contribution in [0.2, 0.25) is 0 Å². The molecule has 0 radical (unpaired) electrons. The van der Waals surface area contributed by atoms with Crippen LogP contribution >= 0.6 is 11.8 Å². The van der Waals surface area contributed by atoms with Crippen molar-refractivity contribution in [1.29, 1.82) is 0 Å². The Hall–Kier alpha value is -0.0200. The third-order valence-corrected chi connectivity index (χ3v) is 5.12. The molecule has 3 heteroatoms. The number of carbonyl (C=O) groups is 1. The van der Waals surface area contributed by atoms with E-state index in [1.165, 1.54) is 0 Å². The fourth-order valence-corrected chi connectivity index (χ4v) is 4.28. The van der Waals surface area contributed by atoms with Gasteiger partial charge in [0.25, 0.3) is 0 Å². The first kappa shape index (κ1) is 11.1. The topological polar surface area (TPSA) is 26.3 Å². The quantitative estimate of drug-likeness (QED) is 0.643. The van der Waals surface area contributed by atoms with Gasteiger partial charge < -0.3 is 4.74 Å². The Labute approximate surface area is 84.4 Å². The SMILES string of the molecule is COC1(SC)C(C)(C)C(=O)C1(C)C. The van der Waals surface area contributed by atoms with Crippen LogP contribution in [-0.4, -0.2) is 24.1 Å². The summed E-state index contributed by atoms with van der Waals surface area (Å²) in [6.07, 6.45) is 2.00. The summed E-state index contributed by atoms with van der Waals surface area (Å²) in [5, 5.41) is 0. The highest BCUT2D eigenvalue weighted by molar-refractivity contribution is 8.00. The Balaban J connectivity index is 3.15. The molecule has 0 unspecified atom stereocenters. The predicted octanol–water partition coefficient (Wildman–Crippen LogP) is 2.33. The first-order chi connectivity index (χ1) is 5.78. The first-order valence-electron chi connectivity index (χ1n) is 4.43. The third-order valence-electron chi connectivity index (χ3n) is 3.36. The van der Waals surface area contributed by atoms with E-state index in [1.807, 2.05) is 34.0 Å². The van der Waals surface area contributed by atoms with Gasteiger partial charge in [-0.05, 0) is 34.0 Å².